The van der Waals surface area contributed by atoms with Crippen molar-refractivity contribution in [3.8, 4) is 29.8 Å². The van der Waals surface area contributed by atoms with Gasteiger partial charge in [0.05, 0.1) is 36.8 Å². The van der Waals surface area contributed by atoms with E-state index >= 15 is 0 Å². The fourth-order valence-electron chi connectivity index (χ4n) is 4.08. The number of aliphatic imine (C=N–C) groups is 1. The first-order chi connectivity index (χ1) is 25.9. The number of pyridine rings is 1. The lowest BCUT2D eigenvalue weighted by atomic mass is 10.0. The Balaban J connectivity index is 0. The lowest BCUT2D eigenvalue weighted by Gasteiger charge is -2.10. The van der Waals surface area contributed by atoms with Gasteiger partial charge < -0.3 is 24.7 Å². The zero-order valence-corrected chi connectivity index (χ0v) is 32.4. The van der Waals surface area contributed by atoms with Crippen molar-refractivity contribution < 1.29 is 28.2 Å². The number of ether oxygens (including phenoxy) is 2. The van der Waals surface area contributed by atoms with Crippen molar-refractivity contribution in [1.82, 2.24) is 10.3 Å². The first-order valence-electron chi connectivity index (χ1n) is 17.9. The quantitative estimate of drug-likeness (QED) is 0.0546. The number of carbonyl (C=O) groups excluding carboxylic acids is 1. The fraction of sp³-hybridized carbons (Fsp3) is 0.405. The lowest BCUT2D eigenvalue weighted by molar-refractivity contribution is -0.107. The van der Waals surface area contributed by atoms with Crippen LogP contribution in [0, 0.1) is 23.7 Å². The number of nitriles is 1. The highest BCUT2D eigenvalue weighted by Crippen LogP contribution is 2.25. The highest BCUT2D eigenvalue weighted by atomic mass is 19.1. The van der Waals surface area contributed by atoms with Crippen LogP contribution in [0.5, 0.6) is 5.88 Å². The van der Waals surface area contributed by atoms with Crippen LogP contribution in [0.3, 0.4) is 0 Å². The molecule has 0 fully saturated rings. The van der Waals surface area contributed by atoms with Crippen LogP contribution < -0.4 is 10.1 Å². The van der Waals surface area contributed by atoms with Crippen LogP contribution in [0.15, 0.2) is 101 Å². The Kier molecular flexibility index (Phi) is 33.1. The maximum atomic E-state index is 14.5. The monoisotopic (exact) mass is 734 g/mol. The molecule has 3 rings (SSSR count). The number of aliphatic hydroxyl groups is 1. The molecule has 0 saturated carbocycles. The number of aromatic nitrogens is 1. The largest absolute Gasteiger partial charge is 0.473 e. The molecule has 0 unspecified atom stereocenters. The van der Waals surface area contributed by atoms with Gasteiger partial charge in [0.2, 0.25) is 5.88 Å². The van der Waals surface area contributed by atoms with Crippen LogP contribution in [-0.2, 0) is 16.0 Å². The number of rotatable bonds is 17. The minimum atomic E-state index is -0.477. The van der Waals surface area contributed by atoms with E-state index in [0.29, 0.717) is 49.2 Å². The number of halogens is 2. The SMILES string of the molecule is C#[N+]/C=C(\C/C=C\CC=O)NC=NCCOCCC.CC.CC.CCCc1ccc(-c2cccc(OCC3=C(F)C=C(C#N)C=CC3)n2)c(F)c1.CO. The molecule has 9 nitrogen and oxygen atoms in total. The van der Waals surface area contributed by atoms with Crippen molar-refractivity contribution in [1.29, 1.82) is 5.26 Å². The molecule has 1 aliphatic carbocycles. The number of aryl methyl sites for hydroxylation is 1. The van der Waals surface area contributed by atoms with Crippen molar-refractivity contribution in [3.05, 3.63) is 112 Å². The van der Waals surface area contributed by atoms with Gasteiger partial charge in [-0.15, -0.1) is 0 Å². The Morgan fingerprint density at radius 1 is 1.11 bits per heavy atom. The minimum absolute atomic E-state index is 0.000243. The second-order valence-electron chi connectivity index (χ2n) is 10.2. The number of hydrogen-bond donors (Lipinski definition) is 2. The first-order valence-corrected chi connectivity index (χ1v) is 17.9. The maximum absolute atomic E-state index is 14.5. The molecule has 0 atom stereocenters. The van der Waals surface area contributed by atoms with Crippen molar-refractivity contribution in [2.45, 2.75) is 80.1 Å². The van der Waals surface area contributed by atoms with Gasteiger partial charge in [0.15, 0.2) is 0 Å². The number of aliphatic hydroxyl groups excluding tert-OH is 1. The van der Waals surface area contributed by atoms with E-state index in [1.165, 1.54) is 18.3 Å². The Morgan fingerprint density at radius 2 is 1.87 bits per heavy atom. The maximum Gasteiger partial charge on any atom is 0.324 e. The van der Waals surface area contributed by atoms with Crippen LogP contribution in [0.2, 0.25) is 0 Å². The Hall–Kier alpha value is -5.23. The fourth-order valence-corrected chi connectivity index (χ4v) is 4.08. The summed E-state index contributed by atoms with van der Waals surface area (Å²) < 4.78 is 39.6. The molecule has 0 spiro atoms. The smallest absolute Gasteiger partial charge is 0.324 e. The van der Waals surface area contributed by atoms with Gasteiger partial charge in [-0.05, 0) is 60.0 Å². The number of nitrogens with one attached hydrogen (secondary N) is 1. The summed E-state index contributed by atoms with van der Waals surface area (Å²) >= 11 is 0. The van der Waals surface area contributed by atoms with Gasteiger partial charge in [0, 0.05) is 43.8 Å². The number of carbonyl (C=O) groups is 1. The van der Waals surface area contributed by atoms with Crippen molar-refractivity contribution in [3.63, 3.8) is 0 Å². The summed E-state index contributed by atoms with van der Waals surface area (Å²) in [7, 11) is 1.00. The normalized spacial score (nSPS) is 11.8. The van der Waals surface area contributed by atoms with E-state index in [4.69, 9.17) is 26.4 Å². The Morgan fingerprint density at radius 3 is 2.51 bits per heavy atom. The second-order valence-corrected chi connectivity index (χ2v) is 10.2. The van der Waals surface area contributed by atoms with E-state index in [1.54, 1.807) is 48.8 Å². The predicted molar refractivity (Wildman–Crippen MR) is 214 cm³/mol. The highest BCUT2D eigenvalue weighted by molar-refractivity contribution is 5.61. The standard InChI is InChI=1S/C23H20F2N2O.C14H22N3O2.2C2H6.CH4O/c1-2-5-16-10-11-19(21(25)12-16)22-8-4-9-23(27-22)28-15-18-7-3-6-17(14-26)13-20(18)24;1-3-10-19-11-8-16-13-17-14(12-15-2)7-5-4-6-9-18;3*1-2/h3-4,6,8-13H,2,5,7,15H2,1H3;2,4-5,9,12-13H,3,6-8,10-11H2,1H3,(H,16,17);2*1-2H3;2H,1H3/q;+1;;;/b;5-4-,14-12+;;;. The molecule has 53 heavy (non-hydrogen) atoms. The molecule has 1 aliphatic rings. The number of allylic oxidation sites excluding steroid dienone is 7. The molecule has 288 valence electrons. The highest BCUT2D eigenvalue weighted by Gasteiger charge is 2.12. The van der Waals surface area contributed by atoms with Crippen LogP contribution in [0.1, 0.15) is 79.2 Å². The lowest BCUT2D eigenvalue weighted by Crippen LogP contribution is -2.11. The third-order valence-electron chi connectivity index (χ3n) is 6.40. The summed E-state index contributed by atoms with van der Waals surface area (Å²) in [5.74, 6) is -0.518. The van der Waals surface area contributed by atoms with Gasteiger partial charge in [-0.3, -0.25) is 4.99 Å². The van der Waals surface area contributed by atoms with Crippen molar-refractivity contribution >= 4 is 12.6 Å². The molecular weight excluding hydrogens is 676 g/mol. The molecule has 0 amide bonds. The first kappa shape index (κ1) is 49.9. The molecule has 2 N–H and O–H groups in total. The summed E-state index contributed by atoms with van der Waals surface area (Å²) in [5.41, 5.74) is 3.29. The molecule has 0 saturated heterocycles. The molecule has 0 aliphatic heterocycles. The molecule has 1 heterocycles. The van der Waals surface area contributed by atoms with Gasteiger partial charge in [-0.25, -0.2) is 13.8 Å². The molecule has 0 bridgehead atoms. The minimum Gasteiger partial charge on any atom is -0.473 e. The molecule has 0 radical (unpaired) electrons. The average Bonchev–Trinajstić information content (AvgIpc) is 3.38. The topological polar surface area (TPSA) is 121 Å². The van der Waals surface area contributed by atoms with Crippen molar-refractivity contribution in [2.24, 2.45) is 4.99 Å². The van der Waals surface area contributed by atoms with Gasteiger partial charge in [-0.1, -0.05) is 78.3 Å². The summed E-state index contributed by atoms with van der Waals surface area (Å²) in [4.78, 5) is 22.1. The third-order valence-corrected chi connectivity index (χ3v) is 6.40. The summed E-state index contributed by atoms with van der Waals surface area (Å²) in [6, 6.07) is 12.2. The average molecular weight is 735 g/mol. The van der Waals surface area contributed by atoms with E-state index in [9.17, 15) is 13.6 Å². The second kappa shape index (κ2) is 35.2. The van der Waals surface area contributed by atoms with E-state index < -0.39 is 5.83 Å². The summed E-state index contributed by atoms with van der Waals surface area (Å²) in [6.45, 7) is 19.2. The molecular formula is C42H58F2N5O4+. The number of hydrogen-bond acceptors (Lipinski definition) is 7. The van der Waals surface area contributed by atoms with E-state index in [-0.39, 0.29) is 23.9 Å². The van der Waals surface area contributed by atoms with Crippen LogP contribution in [0.4, 0.5) is 8.78 Å². The van der Waals surface area contributed by atoms with Crippen LogP contribution in [0.25, 0.3) is 16.1 Å². The van der Waals surface area contributed by atoms with Gasteiger partial charge in [-0.2, -0.15) is 5.26 Å². The van der Waals surface area contributed by atoms with Crippen LogP contribution >= 0.6 is 0 Å². The third kappa shape index (κ3) is 23.1. The summed E-state index contributed by atoms with van der Waals surface area (Å²) in [5, 5.41) is 18.9. The summed E-state index contributed by atoms with van der Waals surface area (Å²) in [6.07, 6.45) is 16.3. The Labute approximate surface area is 316 Å². The van der Waals surface area contributed by atoms with Gasteiger partial charge in [0.25, 0.3) is 6.57 Å². The molecule has 1 aromatic heterocycles. The molecule has 11 heteroatoms. The molecule has 1 aromatic carbocycles. The van der Waals surface area contributed by atoms with Crippen molar-refractivity contribution in [2.75, 3.05) is 33.5 Å². The van der Waals surface area contributed by atoms with Gasteiger partial charge in [0.1, 0.15) is 30.2 Å². The van der Waals surface area contributed by atoms with E-state index in [1.807, 2.05) is 52.8 Å². The van der Waals surface area contributed by atoms with E-state index in [2.05, 4.69) is 27.1 Å². The molecule has 2 aromatic rings. The predicted octanol–water partition coefficient (Wildman–Crippen LogP) is 9.88. The number of nitrogens with zero attached hydrogens (tertiary/aromatic N) is 4. The van der Waals surface area contributed by atoms with Crippen LogP contribution in [-0.4, -0.2) is 56.2 Å². The number of aldehydes is 1. The Bertz CT molecular complexity index is 1570. The van der Waals surface area contributed by atoms with E-state index in [0.717, 1.165) is 50.5 Å². The zero-order chi connectivity index (χ0) is 40.1. The zero-order valence-electron chi connectivity index (χ0n) is 32.4. The number of benzene rings is 1. The van der Waals surface area contributed by atoms with Gasteiger partial charge >= 0.3 is 6.20 Å².